The van der Waals surface area contributed by atoms with E-state index in [0.717, 1.165) is 5.56 Å². The van der Waals surface area contributed by atoms with Crippen LogP contribution in [0.4, 0.5) is 4.39 Å². The van der Waals surface area contributed by atoms with E-state index < -0.39 is 5.60 Å². The van der Waals surface area contributed by atoms with Gasteiger partial charge in [0.1, 0.15) is 5.60 Å². The molecule has 0 saturated carbocycles. The maximum atomic E-state index is 13.6. The van der Waals surface area contributed by atoms with Crippen molar-refractivity contribution < 1.29 is 19.0 Å². The summed E-state index contributed by atoms with van der Waals surface area (Å²) in [6.07, 6.45) is 0.629. The minimum atomic E-state index is -0.806. The maximum Gasteiger partial charge on any atom is 0.165 e. The monoisotopic (exact) mass is 269 g/mol. The zero-order valence-electron chi connectivity index (χ0n) is 11.3. The highest BCUT2D eigenvalue weighted by molar-refractivity contribution is 5.30. The molecule has 2 atom stereocenters. The number of methoxy groups -OCH3 is 1. The van der Waals surface area contributed by atoms with Crippen molar-refractivity contribution in [1.29, 1.82) is 0 Å². The van der Waals surface area contributed by atoms with Gasteiger partial charge in [0.25, 0.3) is 0 Å². The Morgan fingerprint density at radius 3 is 2.95 bits per heavy atom. The first-order valence-electron chi connectivity index (χ1n) is 6.41. The number of hydrogen-bond donors (Lipinski definition) is 2. The number of nitrogens with one attached hydrogen (secondary N) is 1. The number of halogens is 1. The molecule has 2 N–H and O–H groups in total. The van der Waals surface area contributed by atoms with Crippen molar-refractivity contribution in [3.63, 3.8) is 0 Å². The van der Waals surface area contributed by atoms with Gasteiger partial charge in [-0.1, -0.05) is 6.07 Å². The van der Waals surface area contributed by atoms with Gasteiger partial charge < -0.3 is 19.9 Å². The van der Waals surface area contributed by atoms with Crippen molar-refractivity contribution in [2.24, 2.45) is 0 Å². The van der Waals surface area contributed by atoms with E-state index >= 15 is 0 Å². The molecule has 4 nitrogen and oxygen atoms in total. The average Bonchev–Trinajstić information content (AvgIpc) is 2.83. The van der Waals surface area contributed by atoms with E-state index in [0.29, 0.717) is 26.2 Å². The molecule has 2 unspecified atom stereocenters. The number of aliphatic hydroxyl groups is 1. The van der Waals surface area contributed by atoms with Gasteiger partial charge in [-0.05, 0) is 24.6 Å². The Hall–Kier alpha value is -1.17. The summed E-state index contributed by atoms with van der Waals surface area (Å²) >= 11 is 0. The molecule has 0 spiro atoms. The smallest absolute Gasteiger partial charge is 0.165 e. The number of rotatable bonds is 5. The van der Waals surface area contributed by atoms with Crippen LogP contribution in [0.5, 0.6) is 5.75 Å². The zero-order chi connectivity index (χ0) is 13.9. The van der Waals surface area contributed by atoms with Crippen molar-refractivity contribution >= 4 is 0 Å². The van der Waals surface area contributed by atoms with Gasteiger partial charge in [0.2, 0.25) is 0 Å². The predicted molar refractivity (Wildman–Crippen MR) is 69.8 cm³/mol. The molecule has 1 aliphatic rings. The second kappa shape index (κ2) is 5.86. The fraction of sp³-hybridized carbons (Fsp3) is 0.571. The highest BCUT2D eigenvalue weighted by atomic mass is 19.1. The van der Waals surface area contributed by atoms with Gasteiger partial charge in [0, 0.05) is 25.6 Å². The Morgan fingerprint density at radius 1 is 1.58 bits per heavy atom. The largest absolute Gasteiger partial charge is 0.494 e. The molecule has 1 heterocycles. The van der Waals surface area contributed by atoms with Crippen molar-refractivity contribution in [2.75, 3.05) is 26.9 Å². The van der Waals surface area contributed by atoms with Crippen molar-refractivity contribution in [1.82, 2.24) is 5.32 Å². The second-order valence-electron chi connectivity index (χ2n) is 5.02. The Labute approximate surface area is 112 Å². The molecule has 19 heavy (non-hydrogen) atoms. The number of benzene rings is 1. The molecule has 1 fully saturated rings. The Kier molecular flexibility index (Phi) is 4.39. The van der Waals surface area contributed by atoms with Crippen LogP contribution >= 0.6 is 0 Å². The lowest BCUT2D eigenvalue weighted by Gasteiger charge is -2.24. The molecular weight excluding hydrogens is 249 g/mol. The second-order valence-corrected chi connectivity index (χ2v) is 5.02. The number of hydrogen-bond acceptors (Lipinski definition) is 4. The minimum absolute atomic E-state index is 0.0509. The SMILES string of the molecule is COc1ccc(C(C)NCC2(O)CCOC2)cc1F. The van der Waals surface area contributed by atoms with E-state index in [1.165, 1.54) is 13.2 Å². The molecular formula is C14H20FNO3. The molecule has 1 aromatic carbocycles. The van der Waals surface area contributed by atoms with Gasteiger partial charge in [-0.15, -0.1) is 0 Å². The minimum Gasteiger partial charge on any atom is -0.494 e. The molecule has 1 aromatic rings. The normalized spacial score (nSPS) is 24.4. The number of ether oxygens (including phenoxy) is 2. The molecule has 106 valence electrons. The predicted octanol–water partition coefficient (Wildman–Crippen LogP) is 1.64. The molecule has 0 aliphatic carbocycles. The quantitative estimate of drug-likeness (QED) is 0.853. The third-order valence-corrected chi connectivity index (χ3v) is 3.50. The van der Waals surface area contributed by atoms with E-state index in [-0.39, 0.29) is 17.6 Å². The summed E-state index contributed by atoms with van der Waals surface area (Å²) < 4.78 is 23.7. The molecule has 2 rings (SSSR count). The first-order chi connectivity index (χ1) is 9.04. The third kappa shape index (κ3) is 3.43. The van der Waals surface area contributed by atoms with Gasteiger partial charge in [-0.3, -0.25) is 0 Å². The molecule has 0 aromatic heterocycles. The average molecular weight is 269 g/mol. The zero-order valence-corrected chi connectivity index (χ0v) is 11.3. The topological polar surface area (TPSA) is 50.7 Å². The summed E-state index contributed by atoms with van der Waals surface area (Å²) in [7, 11) is 1.44. The summed E-state index contributed by atoms with van der Waals surface area (Å²) in [5, 5.41) is 13.4. The standard InChI is InChI=1S/C14H20FNO3/c1-10(16-8-14(17)5-6-19-9-14)11-3-4-13(18-2)12(15)7-11/h3-4,7,10,16-17H,5-6,8-9H2,1-2H3. The van der Waals surface area contributed by atoms with Gasteiger partial charge in [-0.25, -0.2) is 4.39 Å². The van der Waals surface area contributed by atoms with Crippen molar-refractivity contribution in [2.45, 2.75) is 25.0 Å². The van der Waals surface area contributed by atoms with Gasteiger partial charge in [-0.2, -0.15) is 0 Å². The van der Waals surface area contributed by atoms with E-state index in [2.05, 4.69) is 5.32 Å². The summed E-state index contributed by atoms with van der Waals surface area (Å²) in [6, 6.07) is 4.82. The third-order valence-electron chi connectivity index (χ3n) is 3.50. The van der Waals surface area contributed by atoms with E-state index in [9.17, 15) is 9.50 Å². The summed E-state index contributed by atoms with van der Waals surface area (Å²) in [5.41, 5.74) is 0.0139. The molecule has 5 heteroatoms. The van der Waals surface area contributed by atoms with Gasteiger partial charge >= 0.3 is 0 Å². The van der Waals surface area contributed by atoms with Crippen LogP contribution in [-0.2, 0) is 4.74 Å². The van der Waals surface area contributed by atoms with Crippen LogP contribution in [0.3, 0.4) is 0 Å². The maximum absolute atomic E-state index is 13.6. The van der Waals surface area contributed by atoms with Crippen LogP contribution in [0, 0.1) is 5.82 Å². The Bertz CT molecular complexity index is 433. The van der Waals surface area contributed by atoms with Crippen molar-refractivity contribution in [3.8, 4) is 5.75 Å². The summed E-state index contributed by atoms with van der Waals surface area (Å²) in [6.45, 7) is 3.30. The highest BCUT2D eigenvalue weighted by Gasteiger charge is 2.32. The van der Waals surface area contributed by atoms with Crippen LogP contribution in [0.25, 0.3) is 0 Å². The van der Waals surface area contributed by atoms with E-state index in [1.54, 1.807) is 6.07 Å². The molecule has 1 saturated heterocycles. The summed E-state index contributed by atoms with van der Waals surface area (Å²) in [4.78, 5) is 0. The molecule has 0 radical (unpaired) electrons. The Balaban J connectivity index is 1.95. The van der Waals surface area contributed by atoms with Crippen LogP contribution in [0.2, 0.25) is 0 Å². The van der Waals surface area contributed by atoms with E-state index in [4.69, 9.17) is 9.47 Å². The van der Waals surface area contributed by atoms with Crippen molar-refractivity contribution in [3.05, 3.63) is 29.6 Å². The lowest BCUT2D eigenvalue weighted by atomic mass is 10.0. The van der Waals surface area contributed by atoms with Crippen LogP contribution in [0.15, 0.2) is 18.2 Å². The van der Waals surface area contributed by atoms with Gasteiger partial charge in [0.05, 0.1) is 13.7 Å². The molecule has 1 aliphatic heterocycles. The first-order valence-corrected chi connectivity index (χ1v) is 6.41. The summed E-state index contributed by atoms with van der Waals surface area (Å²) in [5.74, 6) is -0.143. The van der Waals surface area contributed by atoms with Crippen LogP contribution < -0.4 is 10.1 Å². The highest BCUT2D eigenvalue weighted by Crippen LogP contribution is 2.23. The lowest BCUT2D eigenvalue weighted by molar-refractivity contribution is 0.0252. The van der Waals surface area contributed by atoms with Gasteiger partial charge in [0.15, 0.2) is 11.6 Å². The van der Waals surface area contributed by atoms with Crippen LogP contribution in [0.1, 0.15) is 24.9 Å². The first kappa shape index (κ1) is 14.2. The van der Waals surface area contributed by atoms with Crippen LogP contribution in [-0.4, -0.2) is 37.6 Å². The van der Waals surface area contributed by atoms with E-state index in [1.807, 2.05) is 13.0 Å². The lowest BCUT2D eigenvalue weighted by Crippen LogP contribution is -2.41. The fourth-order valence-electron chi connectivity index (χ4n) is 2.15. The molecule has 0 bridgehead atoms. The fourth-order valence-corrected chi connectivity index (χ4v) is 2.15. The molecule has 0 amide bonds. The Morgan fingerprint density at radius 2 is 2.37 bits per heavy atom.